The minimum atomic E-state index is -0.0870. The molecule has 174 valence electrons. The first-order valence-corrected chi connectivity index (χ1v) is 12.2. The van der Waals surface area contributed by atoms with Gasteiger partial charge in [-0.25, -0.2) is 0 Å². The van der Waals surface area contributed by atoms with Crippen LogP contribution in [0.3, 0.4) is 0 Å². The second-order valence-electron chi connectivity index (χ2n) is 8.17. The van der Waals surface area contributed by atoms with Crippen LogP contribution in [0.15, 0.2) is 29.4 Å². The molecular formula is C23H33N5O3S. The minimum absolute atomic E-state index is 0.0359. The third-order valence-electron chi connectivity index (χ3n) is 5.87. The number of amides is 2. The topological polar surface area (TPSA) is 98.1 Å². The Labute approximate surface area is 193 Å². The molecule has 9 heteroatoms. The Kier molecular flexibility index (Phi) is 8.96. The van der Waals surface area contributed by atoms with Crippen LogP contribution in [0.4, 0.5) is 0 Å². The Balaban J connectivity index is 1.48. The van der Waals surface area contributed by atoms with Crippen molar-refractivity contribution < 1.29 is 14.3 Å². The van der Waals surface area contributed by atoms with Crippen molar-refractivity contribution in [2.24, 2.45) is 5.92 Å². The number of hydrogen-bond acceptors (Lipinski definition) is 6. The van der Waals surface area contributed by atoms with Crippen molar-refractivity contribution in [2.45, 2.75) is 70.2 Å². The first kappa shape index (κ1) is 24.1. The lowest BCUT2D eigenvalue weighted by Crippen LogP contribution is -2.41. The van der Waals surface area contributed by atoms with Crippen LogP contribution in [0.2, 0.25) is 0 Å². The van der Waals surface area contributed by atoms with E-state index >= 15 is 0 Å². The van der Waals surface area contributed by atoms with Crippen LogP contribution in [0.25, 0.3) is 0 Å². The molecule has 2 atom stereocenters. The number of ether oxygens (including phenoxy) is 1. The van der Waals surface area contributed by atoms with Gasteiger partial charge in [0.2, 0.25) is 11.8 Å². The molecule has 2 N–H and O–H groups in total. The molecule has 1 aliphatic carbocycles. The van der Waals surface area contributed by atoms with E-state index in [0.717, 1.165) is 17.7 Å². The highest BCUT2D eigenvalue weighted by molar-refractivity contribution is 7.99. The standard InChI is InChI=1S/C23H33N5O3S/c1-4-28-20(14-24-21(29)13-17-9-11-18(31-3)12-10-17)26-27-23(28)32-15-22(30)25-19-8-6-5-7-16(19)2/h9-12,16,19H,4-8,13-15H2,1-3H3,(H,24,29)(H,25,30)/t16-,19-/m0/s1. The number of hydrogen-bond donors (Lipinski definition) is 2. The van der Waals surface area contributed by atoms with Crippen molar-refractivity contribution in [1.29, 1.82) is 0 Å². The average molecular weight is 460 g/mol. The number of carbonyl (C=O) groups excluding carboxylic acids is 2. The van der Waals surface area contributed by atoms with Crippen molar-refractivity contribution in [3.63, 3.8) is 0 Å². The van der Waals surface area contributed by atoms with Gasteiger partial charge in [-0.05, 0) is 43.4 Å². The predicted octanol–water partition coefficient (Wildman–Crippen LogP) is 2.95. The zero-order valence-corrected chi connectivity index (χ0v) is 19.9. The molecule has 0 radical (unpaired) electrons. The van der Waals surface area contributed by atoms with Crippen LogP contribution in [0, 0.1) is 5.92 Å². The van der Waals surface area contributed by atoms with E-state index in [1.807, 2.05) is 35.8 Å². The van der Waals surface area contributed by atoms with Gasteiger partial charge in [0.05, 0.1) is 25.8 Å². The van der Waals surface area contributed by atoms with Gasteiger partial charge in [0, 0.05) is 12.6 Å². The molecule has 0 bridgehead atoms. The van der Waals surface area contributed by atoms with E-state index in [0.29, 0.717) is 35.7 Å². The lowest BCUT2D eigenvalue weighted by molar-refractivity contribution is -0.121. The summed E-state index contributed by atoms with van der Waals surface area (Å²) in [5.41, 5.74) is 0.912. The van der Waals surface area contributed by atoms with Crippen molar-refractivity contribution in [3.8, 4) is 5.75 Å². The van der Waals surface area contributed by atoms with Gasteiger partial charge >= 0.3 is 0 Å². The predicted molar refractivity (Wildman–Crippen MR) is 125 cm³/mol. The van der Waals surface area contributed by atoms with E-state index in [2.05, 4.69) is 27.8 Å². The van der Waals surface area contributed by atoms with Crippen LogP contribution in [0.5, 0.6) is 5.75 Å². The number of nitrogens with zero attached hydrogens (tertiary/aromatic N) is 3. The lowest BCUT2D eigenvalue weighted by atomic mass is 9.86. The van der Waals surface area contributed by atoms with Gasteiger partial charge in [-0.1, -0.05) is 43.7 Å². The average Bonchev–Trinajstić information content (AvgIpc) is 3.20. The van der Waals surface area contributed by atoms with Crippen LogP contribution in [-0.2, 0) is 29.1 Å². The summed E-state index contributed by atoms with van der Waals surface area (Å²) in [6.45, 7) is 5.17. The third-order valence-corrected chi connectivity index (χ3v) is 6.83. The molecule has 1 heterocycles. The number of nitrogens with one attached hydrogen (secondary N) is 2. The molecule has 0 aliphatic heterocycles. The highest BCUT2D eigenvalue weighted by Crippen LogP contribution is 2.24. The number of methoxy groups -OCH3 is 1. The van der Waals surface area contributed by atoms with Crippen molar-refractivity contribution >= 4 is 23.6 Å². The first-order valence-electron chi connectivity index (χ1n) is 11.2. The summed E-state index contributed by atoms with van der Waals surface area (Å²) in [6.07, 6.45) is 4.95. The van der Waals surface area contributed by atoms with E-state index in [1.54, 1.807) is 7.11 Å². The summed E-state index contributed by atoms with van der Waals surface area (Å²) >= 11 is 1.38. The van der Waals surface area contributed by atoms with Crippen molar-refractivity contribution in [3.05, 3.63) is 35.7 Å². The van der Waals surface area contributed by atoms with Crippen LogP contribution in [-0.4, -0.2) is 45.5 Å². The van der Waals surface area contributed by atoms with Crippen LogP contribution < -0.4 is 15.4 Å². The quantitative estimate of drug-likeness (QED) is 0.530. The molecule has 1 fully saturated rings. The van der Waals surface area contributed by atoms with Crippen LogP contribution >= 0.6 is 11.8 Å². The molecule has 1 aliphatic rings. The summed E-state index contributed by atoms with van der Waals surface area (Å²) in [5.74, 6) is 2.23. The Morgan fingerprint density at radius 2 is 1.91 bits per heavy atom. The van der Waals surface area contributed by atoms with E-state index < -0.39 is 0 Å². The van der Waals surface area contributed by atoms with Crippen LogP contribution in [0.1, 0.15) is 50.9 Å². The smallest absolute Gasteiger partial charge is 0.230 e. The largest absolute Gasteiger partial charge is 0.497 e. The van der Waals surface area contributed by atoms with Gasteiger partial charge in [-0.3, -0.25) is 9.59 Å². The van der Waals surface area contributed by atoms with E-state index in [9.17, 15) is 9.59 Å². The maximum Gasteiger partial charge on any atom is 0.230 e. The highest BCUT2D eigenvalue weighted by Gasteiger charge is 2.23. The first-order chi connectivity index (χ1) is 15.5. The summed E-state index contributed by atoms with van der Waals surface area (Å²) in [4.78, 5) is 24.7. The van der Waals surface area contributed by atoms with Gasteiger partial charge in [0.25, 0.3) is 0 Å². The molecule has 8 nitrogen and oxygen atoms in total. The normalized spacial score (nSPS) is 18.2. The minimum Gasteiger partial charge on any atom is -0.497 e. The van der Waals surface area contributed by atoms with Crippen molar-refractivity contribution in [1.82, 2.24) is 25.4 Å². The summed E-state index contributed by atoms with van der Waals surface area (Å²) in [7, 11) is 1.61. The summed E-state index contributed by atoms with van der Waals surface area (Å²) in [6, 6.07) is 7.70. The molecule has 0 unspecified atom stereocenters. The zero-order chi connectivity index (χ0) is 22.9. The van der Waals surface area contributed by atoms with E-state index in [1.165, 1.54) is 31.0 Å². The monoisotopic (exact) mass is 459 g/mol. The maximum absolute atomic E-state index is 12.4. The second-order valence-corrected chi connectivity index (χ2v) is 9.11. The molecule has 0 spiro atoms. The zero-order valence-electron chi connectivity index (χ0n) is 19.1. The van der Waals surface area contributed by atoms with Crippen molar-refractivity contribution in [2.75, 3.05) is 12.9 Å². The molecule has 2 amide bonds. The Morgan fingerprint density at radius 3 is 2.59 bits per heavy atom. The van der Waals surface area contributed by atoms with Gasteiger partial charge in [0.1, 0.15) is 5.75 Å². The fourth-order valence-corrected chi connectivity index (χ4v) is 4.78. The van der Waals surface area contributed by atoms with Gasteiger partial charge in [-0.2, -0.15) is 0 Å². The molecular weight excluding hydrogens is 426 g/mol. The number of aromatic nitrogens is 3. The number of benzene rings is 1. The molecule has 3 rings (SSSR count). The SMILES string of the molecule is CCn1c(CNC(=O)Cc2ccc(OC)cc2)nnc1SCC(=O)N[C@H]1CCCC[C@@H]1C. The molecule has 2 aromatic rings. The van der Waals surface area contributed by atoms with Gasteiger partial charge < -0.3 is 19.9 Å². The fourth-order valence-electron chi connectivity index (χ4n) is 3.95. The van der Waals surface area contributed by atoms with Gasteiger partial charge in [0.15, 0.2) is 11.0 Å². The Hall–Kier alpha value is -2.55. The third kappa shape index (κ3) is 6.72. The van der Waals surface area contributed by atoms with E-state index in [4.69, 9.17) is 4.74 Å². The van der Waals surface area contributed by atoms with E-state index in [-0.39, 0.29) is 24.3 Å². The Morgan fingerprint density at radius 1 is 1.16 bits per heavy atom. The maximum atomic E-state index is 12.4. The Bertz CT molecular complexity index is 900. The molecule has 0 saturated heterocycles. The number of carbonyl (C=O) groups is 2. The summed E-state index contributed by atoms with van der Waals surface area (Å²) < 4.78 is 7.08. The summed E-state index contributed by atoms with van der Waals surface area (Å²) in [5, 5.41) is 15.2. The molecule has 32 heavy (non-hydrogen) atoms. The second kappa shape index (κ2) is 11.9. The molecule has 1 aromatic heterocycles. The number of rotatable bonds is 10. The molecule has 1 aromatic carbocycles. The highest BCUT2D eigenvalue weighted by atomic mass is 32.2. The fraction of sp³-hybridized carbons (Fsp3) is 0.565. The lowest BCUT2D eigenvalue weighted by Gasteiger charge is -2.29. The number of thioether (sulfide) groups is 1. The van der Waals surface area contributed by atoms with Gasteiger partial charge in [-0.15, -0.1) is 10.2 Å². The molecule has 1 saturated carbocycles.